The van der Waals surface area contributed by atoms with E-state index >= 15 is 0 Å². The van der Waals surface area contributed by atoms with E-state index in [9.17, 15) is 0 Å². The molecule has 1 heterocycles. The Morgan fingerprint density at radius 3 is 2.17 bits per heavy atom. The maximum absolute atomic E-state index is 6.12. The zero-order valence-corrected chi connectivity index (χ0v) is 13.7. The molecule has 0 unspecified atom stereocenters. The maximum atomic E-state index is 6.12. The fourth-order valence-corrected chi connectivity index (χ4v) is 2.94. The molecule has 2 aromatic carbocycles. The molecule has 1 fully saturated rings. The predicted molar refractivity (Wildman–Crippen MR) is 90.2 cm³/mol. The monoisotopic (exact) mass is 332 g/mol. The molecule has 0 amide bonds. The molecule has 3 atom stereocenters. The molecule has 0 aliphatic carbocycles. The van der Waals surface area contributed by atoms with Gasteiger partial charge in [-0.05, 0) is 11.1 Å². The van der Waals surface area contributed by atoms with Gasteiger partial charge in [-0.3, -0.25) is 0 Å². The van der Waals surface area contributed by atoms with Gasteiger partial charge >= 0.3 is 0 Å². The van der Waals surface area contributed by atoms with Gasteiger partial charge in [0.25, 0.3) is 0 Å². The van der Waals surface area contributed by atoms with Gasteiger partial charge < -0.3 is 14.2 Å². The number of hydrogen-bond acceptors (Lipinski definition) is 3. The molecule has 1 aliphatic heterocycles. The van der Waals surface area contributed by atoms with Gasteiger partial charge in [0, 0.05) is 6.42 Å². The Morgan fingerprint density at radius 2 is 1.52 bits per heavy atom. The molecule has 122 valence electrons. The van der Waals surface area contributed by atoms with E-state index in [1.807, 2.05) is 48.5 Å². The first-order chi connectivity index (χ1) is 11.3. The molecule has 23 heavy (non-hydrogen) atoms. The summed E-state index contributed by atoms with van der Waals surface area (Å²) in [5.41, 5.74) is 1.99. The van der Waals surface area contributed by atoms with Crippen LogP contribution in [-0.4, -0.2) is 24.4 Å². The van der Waals surface area contributed by atoms with Crippen LogP contribution in [0, 0.1) is 0 Å². The summed E-state index contributed by atoms with van der Waals surface area (Å²) in [4.78, 5) is 0. The molecule has 0 aromatic heterocycles. The summed E-state index contributed by atoms with van der Waals surface area (Å²) in [6.07, 6.45) is 0.534. The molecule has 4 heteroatoms. The van der Waals surface area contributed by atoms with Crippen molar-refractivity contribution in [1.29, 1.82) is 0 Å². The second-order valence-corrected chi connectivity index (χ2v) is 6.14. The lowest BCUT2D eigenvalue weighted by atomic mass is 10.2. The third kappa shape index (κ3) is 5.05. The molecule has 0 N–H and O–H groups in total. The molecule has 3 nitrogen and oxygen atoms in total. The molecule has 0 radical (unpaired) electrons. The molecule has 3 rings (SSSR count). The number of rotatable bonds is 7. The highest BCUT2D eigenvalue weighted by molar-refractivity contribution is 6.19. The molecule has 1 saturated heterocycles. The van der Waals surface area contributed by atoms with Gasteiger partial charge in [-0.2, -0.15) is 0 Å². The molecule has 0 spiro atoms. The lowest BCUT2D eigenvalue weighted by Gasteiger charge is -2.19. The van der Waals surface area contributed by atoms with Crippen molar-refractivity contribution in [3.05, 3.63) is 71.8 Å². The van der Waals surface area contributed by atoms with Crippen molar-refractivity contribution in [2.45, 2.75) is 37.4 Å². The largest absolute Gasteiger partial charge is 0.374 e. The van der Waals surface area contributed by atoms with Crippen molar-refractivity contribution >= 4 is 11.6 Å². The van der Waals surface area contributed by atoms with Gasteiger partial charge in [0.2, 0.25) is 0 Å². The Labute approximate surface area is 142 Å². The van der Waals surface area contributed by atoms with E-state index < -0.39 is 0 Å². The summed E-state index contributed by atoms with van der Waals surface area (Å²) in [7, 11) is 0. The zero-order valence-electron chi connectivity index (χ0n) is 12.9. The van der Waals surface area contributed by atoms with Crippen LogP contribution in [0.1, 0.15) is 17.5 Å². The van der Waals surface area contributed by atoms with E-state index in [0.29, 0.717) is 26.2 Å². The van der Waals surface area contributed by atoms with Crippen LogP contribution < -0.4 is 0 Å². The third-order valence-corrected chi connectivity index (χ3v) is 4.14. The van der Waals surface area contributed by atoms with Gasteiger partial charge in [0.05, 0.1) is 25.9 Å². The number of hydrogen-bond donors (Lipinski definition) is 0. The van der Waals surface area contributed by atoms with Crippen molar-refractivity contribution in [3.8, 4) is 0 Å². The normalized spacial score (nSPS) is 24.0. The second kappa shape index (κ2) is 8.46. The first kappa shape index (κ1) is 16.5. The van der Waals surface area contributed by atoms with Crippen LogP contribution in [0.4, 0.5) is 0 Å². The lowest BCUT2D eigenvalue weighted by molar-refractivity contribution is -0.0630. The Morgan fingerprint density at radius 1 is 0.913 bits per heavy atom. The van der Waals surface area contributed by atoms with E-state index in [1.54, 1.807) is 0 Å². The van der Waals surface area contributed by atoms with Gasteiger partial charge in [0.1, 0.15) is 11.7 Å². The quantitative estimate of drug-likeness (QED) is 0.713. The van der Waals surface area contributed by atoms with Gasteiger partial charge in [-0.15, -0.1) is 0 Å². The molecule has 0 bridgehead atoms. The molecular formula is C19H21ClO3. The summed E-state index contributed by atoms with van der Waals surface area (Å²) in [5.74, 6) is 0. The van der Waals surface area contributed by atoms with Crippen LogP contribution in [0.25, 0.3) is 0 Å². The summed E-state index contributed by atoms with van der Waals surface area (Å²) in [6.45, 7) is 1.62. The molecule has 1 aliphatic rings. The van der Waals surface area contributed by atoms with Crippen LogP contribution in [0.15, 0.2) is 60.7 Å². The Kier molecular flexibility index (Phi) is 6.06. The Hall–Kier alpha value is -1.39. The predicted octanol–water partition coefficient (Wildman–Crippen LogP) is 4.14. The maximum Gasteiger partial charge on any atom is 0.134 e. The summed E-state index contributed by atoms with van der Waals surface area (Å²) < 4.78 is 17.5. The van der Waals surface area contributed by atoms with Crippen molar-refractivity contribution in [2.24, 2.45) is 0 Å². The molecular weight excluding hydrogens is 312 g/mol. The highest BCUT2D eigenvalue weighted by atomic mass is 35.5. The van der Waals surface area contributed by atoms with E-state index in [0.717, 1.165) is 11.1 Å². The summed E-state index contributed by atoms with van der Waals surface area (Å²) in [6, 6.07) is 20.2. The topological polar surface area (TPSA) is 27.7 Å². The average Bonchev–Trinajstić information content (AvgIpc) is 2.95. The van der Waals surface area contributed by atoms with Crippen LogP contribution in [0.3, 0.4) is 0 Å². The SMILES string of the molecule is Cl[C@@H]1C[C@H](OCc2ccccc2)[C@@H](COCc2ccccc2)O1. The Balaban J connectivity index is 1.47. The molecule has 0 saturated carbocycles. The van der Waals surface area contributed by atoms with Gasteiger partial charge in [0.15, 0.2) is 0 Å². The van der Waals surface area contributed by atoms with Gasteiger partial charge in [-0.1, -0.05) is 72.3 Å². The van der Waals surface area contributed by atoms with E-state index in [4.69, 9.17) is 25.8 Å². The fraction of sp³-hybridized carbons (Fsp3) is 0.368. The van der Waals surface area contributed by atoms with Crippen LogP contribution in [0.2, 0.25) is 0 Å². The van der Waals surface area contributed by atoms with Crippen molar-refractivity contribution < 1.29 is 14.2 Å². The minimum atomic E-state index is -0.305. The highest BCUT2D eigenvalue weighted by Crippen LogP contribution is 2.27. The van der Waals surface area contributed by atoms with Crippen molar-refractivity contribution in [3.63, 3.8) is 0 Å². The Bertz CT molecular complexity index is 576. The minimum Gasteiger partial charge on any atom is -0.374 e. The number of ether oxygens (including phenoxy) is 3. The number of benzene rings is 2. The van der Waals surface area contributed by atoms with Crippen LogP contribution in [0.5, 0.6) is 0 Å². The second-order valence-electron chi connectivity index (χ2n) is 5.66. The van der Waals surface area contributed by atoms with Crippen molar-refractivity contribution in [1.82, 2.24) is 0 Å². The van der Waals surface area contributed by atoms with Crippen LogP contribution >= 0.6 is 11.6 Å². The zero-order chi connectivity index (χ0) is 15.9. The number of alkyl halides is 1. The number of halogens is 1. The van der Waals surface area contributed by atoms with E-state index in [2.05, 4.69) is 12.1 Å². The van der Waals surface area contributed by atoms with Gasteiger partial charge in [-0.25, -0.2) is 0 Å². The first-order valence-corrected chi connectivity index (χ1v) is 8.31. The van der Waals surface area contributed by atoms with E-state index in [1.165, 1.54) is 0 Å². The average molecular weight is 333 g/mol. The van der Waals surface area contributed by atoms with Crippen molar-refractivity contribution in [2.75, 3.05) is 6.61 Å². The smallest absolute Gasteiger partial charge is 0.134 e. The minimum absolute atomic E-state index is 0.0338. The summed E-state index contributed by atoms with van der Waals surface area (Å²) >= 11 is 6.12. The van der Waals surface area contributed by atoms with E-state index in [-0.39, 0.29) is 17.8 Å². The standard InChI is InChI=1S/C19H21ClO3/c20-19-11-17(22-13-16-9-5-2-6-10-16)18(23-19)14-21-12-15-7-3-1-4-8-15/h1-10,17-19H,11-14H2/t17-,18+,19-/m0/s1. The fourth-order valence-electron chi connectivity index (χ4n) is 2.63. The first-order valence-electron chi connectivity index (χ1n) is 7.88. The summed E-state index contributed by atoms with van der Waals surface area (Å²) in [5, 5.41) is 0. The highest BCUT2D eigenvalue weighted by Gasteiger charge is 2.35. The van der Waals surface area contributed by atoms with Crippen LogP contribution in [-0.2, 0) is 27.4 Å². The lowest BCUT2D eigenvalue weighted by Crippen LogP contribution is -2.29. The molecule has 2 aromatic rings. The third-order valence-electron chi connectivity index (χ3n) is 3.86.